The van der Waals surface area contributed by atoms with Gasteiger partial charge in [-0.05, 0) is 56.9 Å². The molecule has 1 saturated carbocycles. The molecule has 1 aliphatic rings. The van der Waals surface area contributed by atoms with Crippen molar-refractivity contribution in [1.82, 2.24) is 5.32 Å². The minimum absolute atomic E-state index is 0. The molecule has 0 bridgehead atoms. The number of benzene rings is 2. The minimum atomic E-state index is -3.77. The number of nitrogens with two attached hydrogens (primary N) is 1. The lowest BCUT2D eigenvalue weighted by molar-refractivity contribution is 0.0927. The zero-order valence-corrected chi connectivity index (χ0v) is 17.4. The monoisotopic (exact) mass is 423 g/mol. The van der Waals surface area contributed by atoms with Gasteiger partial charge in [-0.15, -0.1) is 12.4 Å². The van der Waals surface area contributed by atoms with Gasteiger partial charge in [-0.25, -0.2) is 8.42 Å². The predicted molar refractivity (Wildman–Crippen MR) is 113 cm³/mol. The highest BCUT2D eigenvalue weighted by atomic mass is 35.5. The van der Waals surface area contributed by atoms with Crippen molar-refractivity contribution in [2.45, 2.75) is 49.6 Å². The SMILES string of the molecule is Cc1ccc(S(=O)(=O)Nc2ccccc2C(=O)NC2CCC(N)CC2)cc1.Cl. The third-order valence-corrected chi connectivity index (χ3v) is 6.24. The molecule has 3 rings (SSSR count). The Balaban J connectivity index is 0.00000280. The highest BCUT2D eigenvalue weighted by Crippen LogP contribution is 2.22. The third kappa shape index (κ3) is 5.47. The third-order valence-electron chi connectivity index (χ3n) is 4.85. The minimum Gasteiger partial charge on any atom is -0.349 e. The molecule has 28 heavy (non-hydrogen) atoms. The normalized spacial score (nSPS) is 19.4. The fraction of sp³-hybridized carbons (Fsp3) is 0.350. The molecule has 0 spiro atoms. The van der Waals surface area contributed by atoms with Crippen LogP contribution in [-0.4, -0.2) is 26.4 Å². The Morgan fingerprint density at radius 1 is 1.00 bits per heavy atom. The van der Waals surface area contributed by atoms with Gasteiger partial charge in [-0.2, -0.15) is 0 Å². The summed E-state index contributed by atoms with van der Waals surface area (Å²) in [6.45, 7) is 1.89. The quantitative estimate of drug-likeness (QED) is 0.687. The van der Waals surface area contributed by atoms with E-state index in [2.05, 4.69) is 10.0 Å². The molecule has 0 aliphatic heterocycles. The molecule has 8 heteroatoms. The number of rotatable bonds is 5. The number of anilines is 1. The van der Waals surface area contributed by atoms with Crippen LogP contribution in [0.2, 0.25) is 0 Å². The van der Waals surface area contributed by atoms with E-state index in [0.29, 0.717) is 5.56 Å². The van der Waals surface area contributed by atoms with Crippen LogP contribution in [0.25, 0.3) is 0 Å². The van der Waals surface area contributed by atoms with Gasteiger partial charge in [-0.1, -0.05) is 29.8 Å². The second-order valence-corrected chi connectivity index (χ2v) is 8.73. The number of aryl methyl sites for hydroxylation is 1. The van der Waals surface area contributed by atoms with Crippen LogP contribution < -0.4 is 15.8 Å². The van der Waals surface area contributed by atoms with Crippen molar-refractivity contribution < 1.29 is 13.2 Å². The van der Waals surface area contributed by atoms with Gasteiger partial charge in [0.25, 0.3) is 15.9 Å². The standard InChI is InChI=1S/C20H25N3O3S.ClH/c1-14-6-12-17(13-7-14)27(25,26)23-19-5-3-2-4-18(19)20(24)22-16-10-8-15(21)9-11-16;/h2-7,12-13,15-16,23H,8-11,21H2,1H3,(H,22,24);1H. The molecule has 0 aromatic heterocycles. The summed E-state index contributed by atoms with van der Waals surface area (Å²) in [6.07, 6.45) is 3.44. The molecule has 1 fully saturated rings. The molecule has 6 nitrogen and oxygen atoms in total. The Labute approximate surface area is 172 Å². The number of halogens is 1. The van der Waals surface area contributed by atoms with Crippen LogP contribution in [0, 0.1) is 6.92 Å². The Kier molecular flexibility index (Phi) is 7.46. The number of nitrogens with one attached hydrogen (secondary N) is 2. The molecule has 1 aliphatic carbocycles. The first-order valence-electron chi connectivity index (χ1n) is 9.10. The van der Waals surface area contributed by atoms with Crippen molar-refractivity contribution in [3.05, 3.63) is 59.7 Å². The average Bonchev–Trinajstić information content (AvgIpc) is 2.64. The molecule has 2 aromatic rings. The molecule has 0 unspecified atom stereocenters. The van der Waals surface area contributed by atoms with E-state index < -0.39 is 10.0 Å². The van der Waals surface area contributed by atoms with Crippen molar-refractivity contribution in [3.8, 4) is 0 Å². The van der Waals surface area contributed by atoms with Crippen molar-refractivity contribution in [3.63, 3.8) is 0 Å². The summed E-state index contributed by atoms with van der Waals surface area (Å²) < 4.78 is 27.9. The maximum Gasteiger partial charge on any atom is 0.261 e. The largest absolute Gasteiger partial charge is 0.349 e. The Morgan fingerprint density at radius 3 is 2.25 bits per heavy atom. The summed E-state index contributed by atoms with van der Waals surface area (Å²) in [5.74, 6) is -0.280. The molecule has 1 amide bonds. The van der Waals surface area contributed by atoms with Crippen LogP contribution >= 0.6 is 12.4 Å². The number of para-hydroxylation sites is 1. The van der Waals surface area contributed by atoms with Gasteiger partial charge in [-0.3, -0.25) is 9.52 Å². The number of sulfonamides is 1. The first-order chi connectivity index (χ1) is 12.8. The maximum absolute atomic E-state index is 12.7. The molecule has 2 aromatic carbocycles. The average molecular weight is 424 g/mol. The van der Waals surface area contributed by atoms with Crippen LogP contribution in [0.15, 0.2) is 53.4 Å². The van der Waals surface area contributed by atoms with Crippen LogP contribution in [0.4, 0.5) is 5.69 Å². The zero-order valence-electron chi connectivity index (χ0n) is 15.7. The van der Waals surface area contributed by atoms with Crippen molar-refractivity contribution in [2.75, 3.05) is 4.72 Å². The van der Waals surface area contributed by atoms with E-state index in [4.69, 9.17) is 5.73 Å². The van der Waals surface area contributed by atoms with Crippen molar-refractivity contribution in [1.29, 1.82) is 0 Å². The van der Waals surface area contributed by atoms with E-state index in [1.165, 1.54) is 0 Å². The van der Waals surface area contributed by atoms with Gasteiger partial charge in [0, 0.05) is 12.1 Å². The van der Waals surface area contributed by atoms with Gasteiger partial charge in [0.2, 0.25) is 0 Å². The van der Waals surface area contributed by atoms with Crippen LogP contribution in [-0.2, 0) is 10.0 Å². The number of hydrogen-bond acceptors (Lipinski definition) is 4. The lowest BCUT2D eigenvalue weighted by Gasteiger charge is -2.27. The summed E-state index contributed by atoms with van der Waals surface area (Å²) in [5, 5.41) is 3.00. The topological polar surface area (TPSA) is 101 Å². The van der Waals surface area contributed by atoms with Gasteiger partial charge >= 0.3 is 0 Å². The molecule has 0 atom stereocenters. The Morgan fingerprint density at radius 2 is 1.61 bits per heavy atom. The highest BCUT2D eigenvalue weighted by molar-refractivity contribution is 7.92. The zero-order chi connectivity index (χ0) is 19.4. The van der Waals surface area contributed by atoms with E-state index in [9.17, 15) is 13.2 Å². The van der Waals surface area contributed by atoms with Crippen LogP contribution in [0.3, 0.4) is 0 Å². The second-order valence-electron chi connectivity index (χ2n) is 7.05. The van der Waals surface area contributed by atoms with Crippen LogP contribution in [0.5, 0.6) is 0 Å². The number of carbonyl (C=O) groups is 1. The lowest BCUT2D eigenvalue weighted by Crippen LogP contribution is -2.40. The van der Waals surface area contributed by atoms with E-state index in [0.717, 1.165) is 31.2 Å². The summed E-state index contributed by atoms with van der Waals surface area (Å²) in [7, 11) is -3.77. The van der Waals surface area contributed by atoms with E-state index in [-0.39, 0.29) is 41.0 Å². The Hall–Kier alpha value is -2.09. The highest BCUT2D eigenvalue weighted by Gasteiger charge is 2.23. The molecule has 0 heterocycles. The first-order valence-corrected chi connectivity index (χ1v) is 10.6. The van der Waals surface area contributed by atoms with Crippen molar-refractivity contribution in [2.24, 2.45) is 5.73 Å². The second kappa shape index (κ2) is 9.41. The fourth-order valence-electron chi connectivity index (χ4n) is 3.22. The smallest absolute Gasteiger partial charge is 0.261 e. The number of amides is 1. The molecular weight excluding hydrogens is 398 g/mol. The van der Waals surface area contributed by atoms with E-state index in [1.54, 1.807) is 48.5 Å². The Bertz CT molecular complexity index is 909. The van der Waals surface area contributed by atoms with Gasteiger partial charge < -0.3 is 11.1 Å². The summed E-state index contributed by atoms with van der Waals surface area (Å²) in [5.41, 5.74) is 7.46. The summed E-state index contributed by atoms with van der Waals surface area (Å²) >= 11 is 0. The number of carbonyl (C=O) groups excluding carboxylic acids is 1. The van der Waals surface area contributed by atoms with Gasteiger partial charge in [0.15, 0.2) is 0 Å². The predicted octanol–water partition coefficient (Wildman–Crippen LogP) is 3.22. The molecule has 0 radical (unpaired) electrons. The van der Waals surface area contributed by atoms with Gasteiger partial charge in [0.1, 0.15) is 0 Å². The summed E-state index contributed by atoms with van der Waals surface area (Å²) in [4.78, 5) is 12.9. The first kappa shape index (κ1) is 22.2. The maximum atomic E-state index is 12.7. The molecular formula is C20H26ClN3O3S. The van der Waals surface area contributed by atoms with Crippen molar-refractivity contribution >= 4 is 34.0 Å². The van der Waals surface area contributed by atoms with E-state index in [1.807, 2.05) is 6.92 Å². The fourth-order valence-corrected chi connectivity index (χ4v) is 4.30. The van der Waals surface area contributed by atoms with Crippen LogP contribution in [0.1, 0.15) is 41.6 Å². The van der Waals surface area contributed by atoms with Gasteiger partial charge in [0.05, 0.1) is 16.1 Å². The number of hydrogen-bond donors (Lipinski definition) is 3. The molecule has 4 N–H and O–H groups in total. The summed E-state index contributed by atoms with van der Waals surface area (Å²) in [6, 6.07) is 13.5. The lowest BCUT2D eigenvalue weighted by atomic mass is 9.91. The molecule has 0 saturated heterocycles. The molecule has 152 valence electrons. The van der Waals surface area contributed by atoms with E-state index >= 15 is 0 Å².